The van der Waals surface area contributed by atoms with Crippen LogP contribution in [-0.4, -0.2) is 45.8 Å². The SMILES string of the molecule is CC(CNC(=O)N[C@H](CC(=O)O)C(=O)O)c1nccs1. The predicted molar refractivity (Wildman–Crippen MR) is 70.7 cm³/mol. The maximum Gasteiger partial charge on any atom is 0.326 e. The molecule has 110 valence electrons. The summed E-state index contributed by atoms with van der Waals surface area (Å²) < 4.78 is 0. The van der Waals surface area contributed by atoms with Gasteiger partial charge < -0.3 is 20.8 Å². The number of aromatic nitrogens is 1. The summed E-state index contributed by atoms with van der Waals surface area (Å²) in [5.41, 5.74) is 0. The fourth-order valence-electron chi connectivity index (χ4n) is 1.39. The molecule has 0 saturated heterocycles. The number of amides is 2. The lowest BCUT2D eigenvalue weighted by molar-refractivity contribution is -0.145. The molecule has 0 aliphatic rings. The molecule has 0 spiro atoms. The van der Waals surface area contributed by atoms with Gasteiger partial charge in [-0.2, -0.15) is 0 Å². The van der Waals surface area contributed by atoms with E-state index < -0.39 is 30.4 Å². The van der Waals surface area contributed by atoms with Crippen LogP contribution in [-0.2, 0) is 9.59 Å². The van der Waals surface area contributed by atoms with E-state index in [1.165, 1.54) is 11.3 Å². The summed E-state index contributed by atoms with van der Waals surface area (Å²) in [6, 6.07) is -2.18. The summed E-state index contributed by atoms with van der Waals surface area (Å²) in [6.07, 6.45) is 0.981. The van der Waals surface area contributed by atoms with Crippen LogP contribution in [0.15, 0.2) is 11.6 Å². The van der Waals surface area contributed by atoms with Crippen LogP contribution in [0.3, 0.4) is 0 Å². The minimum atomic E-state index is -1.46. The number of carbonyl (C=O) groups is 3. The van der Waals surface area contributed by atoms with Crippen LogP contribution in [0, 0.1) is 0 Å². The highest BCUT2D eigenvalue weighted by atomic mass is 32.1. The normalized spacial score (nSPS) is 13.2. The van der Waals surface area contributed by atoms with Crippen LogP contribution in [0.5, 0.6) is 0 Å². The molecule has 0 radical (unpaired) electrons. The fourth-order valence-corrected chi connectivity index (χ4v) is 2.09. The molecule has 4 N–H and O–H groups in total. The van der Waals surface area contributed by atoms with Crippen molar-refractivity contribution in [3.05, 3.63) is 16.6 Å². The van der Waals surface area contributed by atoms with Gasteiger partial charge in [-0.1, -0.05) is 6.92 Å². The van der Waals surface area contributed by atoms with E-state index in [0.29, 0.717) is 0 Å². The highest BCUT2D eigenvalue weighted by Crippen LogP contribution is 2.16. The molecule has 20 heavy (non-hydrogen) atoms. The van der Waals surface area contributed by atoms with Gasteiger partial charge in [-0.25, -0.2) is 14.6 Å². The van der Waals surface area contributed by atoms with Crippen molar-refractivity contribution in [2.24, 2.45) is 0 Å². The van der Waals surface area contributed by atoms with Crippen molar-refractivity contribution in [1.29, 1.82) is 0 Å². The van der Waals surface area contributed by atoms with Crippen LogP contribution in [0.2, 0.25) is 0 Å². The number of rotatable bonds is 7. The molecular weight excluding hydrogens is 286 g/mol. The van der Waals surface area contributed by atoms with Crippen LogP contribution < -0.4 is 10.6 Å². The first-order chi connectivity index (χ1) is 9.40. The van der Waals surface area contributed by atoms with Crippen molar-refractivity contribution in [3.8, 4) is 0 Å². The minimum absolute atomic E-state index is 0.0106. The number of carboxylic acid groups (broad SMARTS) is 2. The maximum atomic E-state index is 11.5. The molecule has 1 unspecified atom stereocenters. The first-order valence-corrected chi connectivity index (χ1v) is 6.66. The number of thiazole rings is 1. The van der Waals surface area contributed by atoms with E-state index in [1.807, 2.05) is 12.3 Å². The molecule has 0 aliphatic heterocycles. The lowest BCUT2D eigenvalue weighted by atomic mass is 10.2. The number of hydrogen-bond acceptors (Lipinski definition) is 5. The van der Waals surface area contributed by atoms with E-state index in [1.54, 1.807) is 6.20 Å². The zero-order valence-corrected chi connectivity index (χ0v) is 11.5. The third kappa shape index (κ3) is 5.22. The topological polar surface area (TPSA) is 129 Å². The number of carbonyl (C=O) groups excluding carboxylic acids is 1. The Kier molecular flexibility index (Phi) is 5.91. The maximum absolute atomic E-state index is 11.5. The van der Waals surface area contributed by atoms with Crippen molar-refractivity contribution < 1.29 is 24.6 Å². The van der Waals surface area contributed by atoms with Crippen molar-refractivity contribution in [1.82, 2.24) is 15.6 Å². The number of nitrogens with zero attached hydrogens (tertiary/aromatic N) is 1. The second-order valence-electron chi connectivity index (χ2n) is 4.11. The Morgan fingerprint density at radius 1 is 1.40 bits per heavy atom. The third-order valence-corrected chi connectivity index (χ3v) is 3.43. The molecule has 1 rings (SSSR count). The molecule has 2 atom stereocenters. The number of nitrogens with one attached hydrogen (secondary N) is 2. The van der Waals surface area contributed by atoms with E-state index >= 15 is 0 Å². The minimum Gasteiger partial charge on any atom is -0.481 e. The summed E-state index contributed by atoms with van der Waals surface area (Å²) in [5.74, 6) is -2.70. The fraction of sp³-hybridized carbons (Fsp3) is 0.455. The quantitative estimate of drug-likeness (QED) is 0.579. The summed E-state index contributed by atoms with van der Waals surface area (Å²) in [5, 5.41) is 24.6. The molecule has 0 fully saturated rings. The Morgan fingerprint density at radius 3 is 2.60 bits per heavy atom. The molecule has 8 nitrogen and oxygen atoms in total. The molecule has 1 aromatic rings. The lowest BCUT2D eigenvalue weighted by Gasteiger charge is -2.15. The highest BCUT2D eigenvalue weighted by Gasteiger charge is 2.23. The van der Waals surface area contributed by atoms with E-state index in [0.717, 1.165) is 5.01 Å². The van der Waals surface area contributed by atoms with Gasteiger partial charge in [0.25, 0.3) is 0 Å². The second kappa shape index (κ2) is 7.43. The van der Waals surface area contributed by atoms with Crippen LogP contribution in [0.1, 0.15) is 24.3 Å². The second-order valence-corrected chi connectivity index (χ2v) is 5.04. The zero-order valence-electron chi connectivity index (χ0n) is 10.7. The van der Waals surface area contributed by atoms with Crippen molar-refractivity contribution in [2.45, 2.75) is 25.3 Å². The van der Waals surface area contributed by atoms with Gasteiger partial charge in [0, 0.05) is 24.0 Å². The van der Waals surface area contributed by atoms with E-state index in [9.17, 15) is 14.4 Å². The number of aliphatic carboxylic acids is 2. The molecule has 0 aromatic carbocycles. The zero-order chi connectivity index (χ0) is 15.1. The van der Waals surface area contributed by atoms with E-state index in [-0.39, 0.29) is 12.5 Å². The lowest BCUT2D eigenvalue weighted by Crippen LogP contribution is -2.47. The molecule has 1 heterocycles. The Balaban J connectivity index is 2.42. The van der Waals surface area contributed by atoms with Gasteiger partial charge in [-0.05, 0) is 0 Å². The molecule has 0 bridgehead atoms. The van der Waals surface area contributed by atoms with Crippen molar-refractivity contribution in [2.75, 3.05) is 6.54 Å². The van der Waals surface area contributed by atoms with Gasteiger partial charge in [-0.15, -0.1) is 11.3 Å². The smallest absolute Gasteiger partial charge is 0.326 e. The molecule has 2 amide bonds. The highest BCUT2D eigenvalue weighted by molar-refractivity contribution is 7.09. The van der Waals surface area contributed by atoms with E-state index in [2.05, 4.69) is 15.6 Å². The third-order valence-electron chi connectivity index (χ3n) is 2.42. The molecule has 1 aromatic heterocycles. The van der Waals surface area contributed by atoms with Gasteiger partial charge in [-0.3, -0.25) is 4.79 Å². The summed E-state index contributed by atoms with van der Waals surface area (Å²) in [7, 11) is 0. The van der Waals surface area contributed by atoms with Crippen molar-refractivity contribution >= 4 is 29.3 Å². The van der Waals surface area contributed by atoms with Gasteiger partial charge in [0.05, 0.1) is 11.4 Å². The standard InChI is InChI=1S/C11H15N3O5S/c1-6(9-12-2-3-20-9)5-13-11(19)14-7(10(17)18)4-8(15)16/h2-3,6-7H,4-5H2,1H3,(H,15,16)(H,17,18)(H2,13,14,19)/t6?,7-/m1/s1. The van der Waals surface area contributed by atoms with Crippen LogP contribution in [0.4, 0.5) is 4.79 Å². The number of hydrogen-bond donors (Lipinski definition) is 4. The molecule has 0 aliphatic carbocycles. The molecule has 0 saturated carbocycles. The van der Waals surface area contributed by atoms with Gasteiger partial charge in [0.1, 0.15) is 6.04 Å². The Hall–Kier alpha value is -2.16. The number of urea groups is 1. The average molecular weight is 301 g/mol. The predicted octanol–water partition coefficient (Wildman–Crippen LogP) is 0.474. The van der Waals surface area contributed by atoms with Crippen LogP contribution in [0.25, 0.3) is 0 Å². The Bertz CT molecular complexity index is 476. The van der Waals surface area contributed by atoms with Gasteiger partial charge in [0.2, 0.25) is 0 Å². The van der Waals surface area contributed by atoms with Crippen molar-refractivity contribution in [3.63, 3.8) is 0 Å². The summed E-state index contributed by atoms with van der Waals surface area (Å²) in [6.45, 7) is 2.14. The first kappa shape index (κ1) is 15.9. The van der Waals surface area contributed by atoms with Gasteiger partial charge >= 0.3 is 18.0 Å². The monoisotopic (exact) mass is 301 g/mol. The molecule has 9 heteroatoms. The first-order valence-electron chi connectivity index (χ1n) is 5.78. The molecular formula is C11H15N3O5S. The Morgan fingerprint density at radius 2 is 2.10 bits per heavy atom. The van der Waals surface area contributed by atoms with Crippen LogP contribution >= 0.6 is 11.3 Å². The van der Waals surface area contributed by atoms with E-state index in [4.69, 9.17) is 10.2 Å². The average Bonchev–Trinajstić information content (AvgIpc) is 2.88. The summed E-state index contributed by atoms with van der Waals surface area (Å²) in [4.78, 5) is 36.9. The Labute approximate surface area is 118 Å². The largest absolute Gasteiger partial charge is 0.481 e. The van der Waals surface area contributed by atoms with Gasteiger partial charge in [0.15, 0.2) is 0 Å². The summed E-state index contributed by atoms with van der Waals surface area (Å²) >= 11 is 1.46. The number of carboxylic acids is 2.